The SMILES string of the molecule is CC[C@H](O)C1C[C@@H](OC(C)=O)C(n2c(=O)sc3cnc(N)nc32)O1. The van der Waals surface area contributed by atoms with Gasteiger partial charge in [0.2, 0.25) is 5.95 Å². The van der Waals surface area contributed by atoms with Gasteiger partial charge in [0, 0.05) is 13.3 Å². The normalized spacial score (nSPS) is 25.0. The lowest BCUT2D eigenvalue weighted by Crippen LogP contribution is -2.30. The monoisotopic (exact) mass is 354 g/mol. The van der Waals surface area contributed by atoms with Crippen molar-refractivity contribution >= 4 is 33.6 Å². The molecule has 2 unspecified atom stereocenters. The molecule has 2 aromatic rings. The molecule has 1 aliphatic rings. The number of aliphatic hydroxyl groups excluding tert-OH is 1. The van der Waals surface area contributed by atoms with Crippen molar-refractivity contribution in [2.75, 3.05) is 5.73 Å². The molecule has 130 valence electrons. The molecule has 0 bridgehead atoms. The van der Waals surface area contributed by atoms with Crippen LogP contribution in [0, 0.1) is 0 Å². The maximum Gasteiger partial charge on any atom is 0.311 e. The van der Waals surface area contributed by atoms with E-state index < -0.39 is 30.5 Å². The number of ether oxygens (including phenoxy) is 2. The zero-order chi connectivity index (χ0) is 17.4. The van der Waals surface area contributed by atoms with Gasteiger partial charge in [-0.3, -0.25) is 14.2 Å². The van der Waals surface area contributed by atoms with Gasteiger partial charge in [0.25, 0.3) is 0 Å². The van der Waals surface area contributed by atoms with Crippen LogP contribution in [0.2, 0.25) is 0 Å². The lowest BCUT2D eigenvalue weighted by molar-refractivity contribution is -0.152. The second-order valence-electron chi connectivity index (χ2n) is 5.58. The van der Waals surface area contributed by atoms with Crippen molar-refractivity contribution in [3.8, 4) is 0 Å². The second kappa shape index (κ2) is 6.46. The molecule has 9 nitrogen and oxygen atoms in total. The van der Waals surface area contributed by atoms with Crippen LogP contribution in [0.3, 0.4) is 0 Å². The number of nitrogens with two attached hydrogens (primary N) is 1. The Morgan fingerprint density at radius 3 is 3.08 bits per heavy atom. The highest BCUT2D eigenvalue weighted by Crippen LogP contribution is 2.35. The van der Waals surface area contributed by atoms with Gasteiger partial charge in [-0.2, -0.15) is 4.98 Å². The van der Waals surface area contributed by atoms with Crippen molar-refractivity contribution < 1.29 is 19.4 Å². The fourth-order valence-electron chi connectivity index (χ4n) is 2.80. The van der Waals surface area contributed by atoms with Gasteiger partial charge in [-0.15, -0.1) is 0 Å². The number of rotatable bonds is 4. The molecule has 1 fully saturated rings. The number of nitrogen functional groups attached to an aromatic ring is 1. The zero-order valence-electron chi connectivity index (χ0n) is 13.2. The van der Waals surface area contributed by atoms with E-state index in [0.717, 1.165) is 11.3 Å². The first-order chi connectivity index (χ1) is 11.4. The number of carbonyl (C=O) groups excluding carboxylic acids is 1. The Bertz CT molecular complexity index is 819. The minimum Gasteiger partial charge on any atom is -0.458 e. The number of hydrogen-bond donors (Lipinski definition) is 2. The maximum absolute atomic E-state index is 12.4. The summed E-state index contributed by atoms with van der Waals surface area (Å²) in [5.74, 6) is -0.455. The predicted octanol–water partition coefficient (Wildman–Crippen LogP) is 0.425. The molecule has 24 heavy (non-hydrogen) atoms. The molecule has 0 aromatic carbocycles. The van der Waals surface area contributed by atoms with E-state index in [9.17, 15) is 14.7 Å². The topological polar surface area (TPSA) is 130 Å². The van der Waals surface area contributed by atoms with Crippen LogP contribution >= 0.6 is 11.3 Å². The molecule has 0 radical (unpaired) electrons. The van der Waals surface area contributed by atoms with Crippen molar-refractivity contribution in [1.29, 1.82) is 0 Å². The second-order valence-corrected chi connectivity index (χ2v) is 6.57. The summed E-state index contributed by atoms with van der Waals surface area (Å²) in [5.41, 5.74) is 5.94. The summed E-state index contributed by atoms with van der Waals surface area (Å²) >= 11 is 0.954. The van der Waals surface area contributed by atoms with E-state index in [-0.39, 0.29) is 10.8 Å². The highest BCUT2D eigenvalue weighted by Gasteiger charge is 2.42. The Balaban J connectivity index is 2.05. The lowest BCUT2D eigenvalue weighted by atomic mass is 10.1. The fourth-order valence-corrected chi connectivity index (χ4v) is 3.62. The number of nitrogens with zero attached hydrogens (tertiary/aromatic N) is 3. The van der Waals surface area contributed by atoms with Crippen molar-refractivity contribution in [2.45, 2.75) is 51.2 Å². The molecule has 10 heteroatoms. The quantitative estimate of drug-likeness (QED) is 0.756. The molecule has 0 spiro atoms. The van der Waals surface area contributed by atoms with Crippen molar-refractivity contribution in [1.82, 2.24) is 14.5 Å². The van der Waals surface area contributed by atoms with Gasteiger partial charge >= 0.3 is 10.8 Å². The van der Waals surface area contributed by atoms with Crippen LogP contribution in [-0.4, -0.2) is 43.9 Å². The van der Waals surface area contributed by atoms with Gasteiger partial charge < -0.3 is 20.3 Å². The first-order valence-electron chi connectivity index (χ1n) is 7.55. The van der Waals surface area contributed by atoms with Gasteiger partial charge in [-0.1, -0.05) is 18.3 Å². The van der Waals surface area contributed by atoms with E-state index in [2.05, 4.69) is 9.97 Å². The van der Waals surface area contributed by atoms with Crippen LogP contribution in [0.25, 0.3) is 10.3 Å². The molecule has 0 aliphatic carbocycles. The number of carbonyl (C=O) groups is 1. The van der Waals surface area contributed by atoms with E-state index in [4.69, 9.17) is 15.2 Å². The van der Waals surface area contributed by atoms with Gasteiger partial charge in [0.15, 0.2) is 11.9 Å². The summed E-state index contributed by atoms with van der Waals surface area (Å²) in [5, 5.41) is 10.1. The van der Waals surface area contributed by atoms with Crippen LogP contribution < -0.4 is 10.6 Å². The summed E-state index contributed by atoms with van der Waals surface area (Å²) in [6.07, 6.45) is -0.564. The third-order valence-electron chi connectivity index (χ3n) is 3.89. The molecule has 1 saturated heterocycles. The molecular weight excluding hydrogens is 336 g/mol. The smallest absolute Gasteiger partial charge is 0.311 e. The fraction of sp³-hybridized carbons (Fsp3) is 0.571. The van der Waals surface area contributed by atoms with Crippen LogP contribution in [0.1, 0.15) is 32.9 Å². The summed E-state index contributed by atoms with van der Waals surface area (Å²) < 4.78 is 13.0. The third-order valence-corrected chi connectivity index (χ3v) is 4.77. The lowest BCUT2D eigenvalue weighted by Gasteiger charge is -2.20. The summed E-state index contributed by atoms with van der Waals surface area (Å²) in [7, 11) is 0. The minimum atomic E-state index is -0.865. The van der Waals surface area contributed by atoms with Crippen molar-refractivity contribution in [3.05, 3.63) is 15.9 Å². The summed E-state index contributed by atoms with van der Waals surface area (Å²) in [4.78, 5) is 31.4. The first-order valence-corrected chi connectivity index (χ1v) is 8.36. The first kappa shape index (κ1) is 16.8. The molecule has 4 atom stereocenters. The minimum absolute atomic E-state index is 0.0289. The van der Waals surface area contributed by atoms with Crippen LogP contribution in [0.4, 0.5) is 5.95 Å². The number of hydrogen-bond acceptors (Lipinski definition) is 9. The van der Waals surface area contributed by atoms with Crippen molar-refractivity contribution in [2.24, 2.45) is 0 Å². The maximum atomic E-state index is 12.4. The largest absolute Gasteiger partial charge is 0.458 e. The van der Waals surface area contributed by atoms with Gasteiger partial charge in [0.05, 0.1) is 23.1 Å². The van der Waals surface area contributed by atoms with Crippen molar-refractivity contribution in [3.63, 3.8) is 0 Å². The molecular formula is C14H18N4O5S. The molecule has 3 heterocycles. The number of esters is 1. The molecule has 2 aromatic heterocycles. The average molecular weight is 354 g/mol. The number of thiazole rings is 1. The average Bonchev–Trinajstić information content (AvgIpc) is 3.05. The Morgan fingerprint density at radius 2 is 2.42 bits per heavy atom. The van der Waals surface area contributed by atoms with Crippen LogP contribution in [0.15, 0.2) is 11.0 Å². The van der Waals surface area contributed by atoms with Gasteiger partial charge in [-0.05, 0) is 6.42 Å². The number of aromatic nitrogens is 3. The Kier molecular flexibility index (Phi) is 4.52. The zero-order valence-corrected chi connectivity index (χ0v) is 14.0. The highest BCUT2D eigenvalue weighted by molar-refractivity contribution is 7.16. The molecule has 0 saturated carbocycles. The van der Waals surface area contributed by atoms with E-state index >= 15 is 0 Å². The summed E-state index contributed by atoms with van der Waals surface area (Å²) in [6.45, 7) is 3.11. The summed E-state index contributed by atoms with van der Waals surface area (Å²) in [6, 6.07) is 0. The molecule has 0 amide bonds. The Hall–Kier alpha value is -2.04. The van der Waals surface area contributed by atoms with E-state index in [1.54, 1.807) is 0 Å². The number of aliphatic hydroxyl groups is 1. The van der Waals surface area contributed by atoms with E-state index in [0.29, 0.717) is 23.2 Å². The molecule has 3 N–H and O–H groups in total. The molecule has 1 aliphatic heterocycles. The predicted molar refractivity (Wildman–Crippen MR) is 86.5 cm³/mol. The molecule has 3 rings (SSSR count). The van der Waals surface area contributed by atoms with Gasteiger partial charge in [-0.25, -0.2) is 4.98 Å². The Morgan fingerprint density at radius 1 is 1.67 bits per heavy atom. The standard InChI is InChI=1S/C14H18N4O5S/c1-3-7(20)8-4-9(22-6(2)19)12(23-8)18-11-10(24-14(18)21)5-16-13(15)17-11/h5,7-9,12,20H,3-4H2,1-2H3,(H2,15,16,17)/t7-,8?,9+,12?/m0/s1. The van der Waals surface area contributed by atoms with Crippen LogP contribution in [0.5, 0.6) is 0 Å². The highest BCUT2D eigenvalue weighted by atomic mass is 32.1. The van der Waals surface area contributed by atoms with E-state index in [1.807, 2.05) is 6.92 Å². The Labute approximate surface area is 141 Å². The number of anilines is 1. The van der Waals surface area contributed by atoms with E-state index in [1.165, 1.54) is 17.7 Å². The van der Waals surface area contributed by atoms with Crippen LogP contribution in [-0.2, 0) is 14.3 Å². The third kappa shape index (κ3) is 2.99. The van der Waals surface area contributed by atoms with Gasteiger partial charge in [0.1, 0.15) is 6.10 Å². The number of fused-ring (bicyclic) bond motifs is 1.